The predicted molar refractivity (Wildman–Crippen MR) is 145 cm³/mol. The van der Waals surface area contributed by atoms with Crippen LogP contribution in [0.1, 0.15) is 38.8 Å². The van der Waals surface area contributed by atoms with Crippen molar-refractivity contribution >= 4 is 17.8 Å². The first kappa shape index (κ1) is 31.2. The van der Waals surface area contributed by atoms with Gasteiger partial charge in [0.15, 0.2) is 11.5 Å². The van der Waals surface area contributed by atoms with Crippen LogP contribution in [-0.4, -0.2) is 43.4 Å². The number of phenols is 3. The molecule has 38 heavy (non-hydrogen) atoms. The molecule has 0 saturated carbocycles. The minimum atomic E-state index is -0.883. The van der Waals surface area contributed by atoms with Crippen molar-refractivity contribution in [2.24, 2.45) is 0 Å². The van der Waals surface area contributed by atoms with Crippen LogP contribution in [0.2, 0.25) is 0 Å². The van der Waals surface area contributed by atoms with Crippen LogP contribution in [0.4, 0.5) is 0 Å². The molecular formula is C29H34O9. The van der Waals surface area contributed by atoms with E-state index in [2.05, 4.69) is 13.2 Å². The number of benzene rings is 2. The molecule has 0 fully saturated rings. The zero-order valence-corrected chi connectivity index (χ0v) is 21.8. The van der Waals surface area contributed by atoms with Crippen LogP contribution in [0.15, 0.2) is 91.6 Å². The molecule has 9 heteroatoms. The fourth-order valence-electron chi connectivity index (χ4n) is 2.41. The lowest BCUT2D eigenvalue weighted by Gasteiger charge is -2.19. The van der Waals surface area contributed by atoms with Crippen molar-refractivity contribution in [3.63, 3.8) is 0 Å². The molecule has 1 unspecified atom stereocenters. The molecule has 204 valence electrons. The van der Waals surface area contributed by atoms with E-state index in [0.717, 1.165) is 5.56 Å². The molecule has 0 aromatic heterocycles. The standard InChI is InChI=1S/C13H12O6.C8H14O2.C8H8O/c14-9-5-3-4-8(11(9)15)12(16)13(17)19-10-6-1-2-7-18-10;1-6(2)7(9)10-8(3,4)5;1-2-7-3-5-8(9)6-4-7/h1-7,10,14-17H;1H2,2-5H3;2-6,9H,1H2. The molecule has 0 spiro atoms. The summed E-state index contributed by atoms with van der Waals surface area (Å²) in [4.78, 5) is 10.8. The Morgan fingerprint density at radius 3 is 2.13 bits per heavy atom. The summed E-state index contributed by atoms with van der Waals surface area (Å²) in [5, 5.41) is 47.1. The number of hydrogen-bond acceptors (Lipinski definition) is 9. The third-order valence-electron chi connectivity index (χ3n) is 4.25. The van der Waals surface area contributed by atoms with Gasteiger partial charge >= 0.3 is 11.9 Å². The summed E-state index contributed by atoms with van der Waals surface area (Å²) in [5.74, 6) is -2.55. The molecule has 5 N–H and O–H groups in total. The van der Waals surface area contributed by atoms with Crippen LogP contribution in [0.3, 0.4) is 0 Å². The van der Waals surface area contributed by atoms with Crippen LogP contribution in [-0.2, 0) is 19.0 Å². The summed E-state index contributed by atoms with van der Waals surface area (Å²) >= 11 is 0. The molecule has 0 aliphatic carbocycles. The van der Waals surface area contributed by atoms with Gasteiger partial charge in [-0.1, -0.05) is 43.5 Å². The second kappa shape index (κ2) is 14.7. The maximum atomic E-state index is 10.8. The fourth-order valence-corrected chi connectivity index (χ4v) is 2.41. The van der Waals surface area contributed by atoms with Crippen molar-refractivity contribution in [1.82, 2.24) is 0 Å². The first-order chi connectivity index (χ1) is 17.7. The SMILES string of the molecule is C=C(C)C(=O)OC(C)(C)C.C=Cc1ccc(O)cc1.OC(OC1C=CC=CO1)=C(O)c1cccc(O)c1O. The number of para-hydroxylation sites is 1. The lowest BCUT2D eigenvalue weighted by molar-refractivity contribution is -0.149. The number of aliphatic hydroxyl groups excluding tert-OH is 2. The number of carbonyl (C=O) groups excluding carboxylic acids is 1. The second-order valence-electron chi connectivity index (χ2n) is 8.74. The van der Waals surface area contributed by atoms with E-state index >= 15 is 0 Å². The molecule has 1 aliphatic rings. The van der Waals surface area contributed by atoms with E-state index in [4.69, 9.17) is 19.3 Å². The minimum absolute atomic E-state index is 0.159. The molecule has 0 saturated heterocycles. The van der Waals surface area contributed by atoms with Crippen LogP contribution in [0, 0.1) is 0 Å². The van der Waals surface area contributed by atoms with Gasteiger partial charge in [0.05, 0.1) is 11.8 Å². The molecule has 1 heterocycles. The first-order valence-corrected chi connectivity index (χ1v) is 11.3. The van der Waals surface area contributed by atoms with Gasteiger partial charge in [0.25, 0.3) is 6.29 Å². The lowest BCUT2D eigenvalue weighted by atomic mass is 10.1. The number of ether oxygens (including phenoxy) is 3. The number of hydrogen-bond donors (Lipinski definition) is 5. The van der Waals surface area contributed by atoms with Crippen LogP contribution in [0.5, 0.6) is 17.2 Å². The molecule has 0 amide bonds. The van der Waals surface area contributed by atoms with E-state index in [1.54, 1.807) is 37.3 Å². The number of carbonyl (C=O) groups is 1. The number of aromatic hydroxyl groups is 3. The van der Waals surface area contributed by atoms with Gasteiger partial charge < -0.3 is 39.7 Å². The average molecular weight is 527 g/mol. The molecule has 1 atom stereocenters. The summed E-state index contributed by atoms with van der Waals surface area (Å²) < 4.78 is 14.9. The molecule has 1 aliphatic heterocycles. The van der Waals surface area contributed by atoms with Crippen LogP contribution in [0.25, 0.3) is 11.8 Å². The molecule has 2 aromatic rings. The Morgan fingerprint density at radius 2 is 1.66 bits per heavy atom. The van der Waals surface area contributed by atoms with E-state index in [1.165, 1.54) is 30.5 Å². The number of aliphatic hydroxyl groups is 2. The maximum absolute atomic E-state index is 10.8. The summed E-state index contributed by atoms with van der Waals surface area (Å²) in [6, 6.07) is 10.8. The van der Waals surface area contributed by atoms with Gasteiger partial charge in [-0.05, 0) is 69.7 Å². The van der Waals surface area contributed by atoms with Crippen molar-refractivity contribution in [2.45, 2.75) is 39.6 Å². The molecule has 2 aromatic carbocycles. The van der Waals surface area contributed by atoms with E-state index < -0.39 is 35.1 Å². The fraction of sp³-hybridized carbons (Fsp3) is 0.207. The Bertz CT molecular complexity index is 1180. The molecule has 0 radical (unpaired) electrons. The summed E-state index contributed by atoms with van der Waals surface area (Å²) in [5.41, 5.74) is 0.895. The number of phenolic OH excluding ortho intramolecular Hbond substituents is 3. The number of rotatable bonds is 5. The Morgan fingerprint density at radius 1 is 1.03 bits per heavy atom. The van der Waals surface area contributed by atoms with E-state index in [1.807, 2.05) is 32.9 Å². The van der Waals surface area contributed by atoms with Gasteiger partial charge in [-0.2, -0.15) is 0 Å². The molecule has 9 nitrogen and oxygen atoms in total. The highest BCUT2D eigenvalue weighted by Crippen LogP contribution is 2.33. The lowest BCUT2D eigenvalue weighted by Crippen LogP contribution is -2.23. The summed E-state index contributed by atoms with van der Waals surface area (Å²) in [6.07, 6.45) is 6.99. The van der Waals surface area contributed by atoms with E-state index in [0.29, 0.717) is 11.3 Å². The Balaban J connectivity index is 0.000000320. The summed E-state index contributed by atoms with van der Waals surface area (Å²) in [7, 11) is 0. The van der Waals surface area contributed by atoms with Gasteiger partial charge in [0.2, 0.25) is 5.76 Å². The van der Waals surface area contributed by atoms with Crippen molar-refractivity contribution in [1.29, 1.82) is 0 Å². The van der Waals surface area contributed by atoms with Crippen molar-refractivity contribution in [3.8, 4) is 17.2 Å². The molecule has 3 rings (SSSR count). The Kier molecular flexibility index (Phi) is 12.1. The maximum Gasteiger partial charge on any atom is 0.333 e. The molecular weight excluding hydrogens is 492 g/mol. The van der Waals surface area contributed by atoms with Crippen LogP contribution < -0.4 is 0 Å². The number of allylic oxidation sites excluding steroid dienone is 2. The monoisotopic (exact) mass is 526 g/mol. The normalized spacial score (nSPS) is 14.3. The van der Waals surface area contributed by atoms with Crippen LogP contribution >= 0.6 is 0 Å². The Hall–Kier alpha value is -4.79. The van der Waals surface area contributed by atoms with Crippen molar-refractivity contribution in [3.05, 3.63) is 103 Å². The van der Waals surface area contributed by atoms with Gasteiger partial charge in [-0.15, -0.1) is 0 Å². The van der Waals surface area contributed by atoms with E-state index in [9.17, 15) is 25.2 Å². The highest BCUT2D eigenvalue weighted by molar-refractivity contribution is 5.87. The third kappa shape index (κ3) is 11.3. The Labute approximate surface area is 222 Å². The van der Waals surface area contributed by atoms with Crippen molar-refractivity contribution in [2.75, 3.05) is 0 Å². The largest absolute Gasteiger partial charge is 0.508 e. The molecule has 0 bridgehead atoms. The first-order valence-electron chi connectivity index (χ1n) is 11.3. The van der Waals surface area contributed by atoms with Gasteiger partial charge in [-0.25, -0.2) is 4.79 Å². The zero-order chi connectivity index (χ0) is 28.9. The van der Waals surface area contributed by atoms with Gasteiger partial charge in [-0.3, -0.25) is 0 Å². The number of esters is 1. The average Bonchev–Trinajstić information content (AvgIpc) is 2.86. The third-order valence-corrected chi connectivity index (χ3v) is 4.25. The zero-order valence-electron chi connectivity index (χ0n) is 21.8. The predicted octanol–water partition coefficient (Wildman–Crippen LogP) is 6.22. The van der Waals surface area contributed by atoms with Crippen molar-refractivity contribution < 1.29 is 44.5 Å². The highest BCUT2D eigenvalue weighted by Gasteiger charge is 2.18. The van der Waals surface area contributed by atoms with Gasteiger partial charge in [0, 0.05) is 5.57 Å². The quantitative estimate of drug-likeness (QED) is 0.133. The van der Waals surface area contributed by atoms with E-state index in [-0.39, 0.29) is 11.5 Å². The summed E-state index contributed by atoms with van der Waals surface area (Å²) in [6.45, 7) is 14.2. The topological polar surface area (TPSA) is 146 Å². The minimum Gasteiger partial charge on any atom is -0.508 e. The highest BCUT2D eigenvalue weighted by atomic mass is 16.7. The second-order valence-corrected chi connectivity index (χ2v) is 8.74. The van der Waals surface area contributed by atoms with Gasteiger partial charge in [0.1, 0.15) is 11.4 Å². The smallest absolute Gasteiger partial charge is 0.333 e.